The SMILES string of the molecule is Clc1ccc(Cl)c(NC2CCCCC2C2CCCCN2)c1. The lowest BCUT2D eigenvalue weighted by atomic mass is 9.77. The van der Waals surface area contributed by atoms with Crippen LogP contribution in [-0.4, -0.2) is 18.6 Å². The number of piperidine rings is 1. The monoisotopic (exact) mass is 326 g/mol. The molecule has 2 aliphatic rings. The molecule has 2 nitrogen and oxygen atoms in total. The predicted octanol–water partition coefficient (Wildman–Crippen LogP) is 5.11. The zero-order valence-electron chi connectivity index (χ0n) is 12.4. The summed E-state index contributed by atoms with van der Waals surface area (Å²) in [6.45, 7) is 1.17. The Labute approximate surface area is 137 Å². The molecule has 21 heavy (non-hydrogen) atoms. The van der Waals surface area contributed by atoms with Crippen LogP contribution in [0.5, 0.6) is 0 Å². The quantitative estimate of drug-likeness (QED) is 0.806. The van der Waals surface area contributed by atoms with Crippen LogP contribution in [0.4, 0.5) is 5.69 Å². The molecular weight excluding hydrogens is 303 g/mol. The molecule has 0 bridgehead atoms. The maximum atomic E-state index is 6.31. The molecule has 1 saturated heterocycles. The van der Waals surface area contributed by atoms with E-state index in [0.717, 1.165) is 15.7 Å². The summed E-state index contributed by atoms with van der Waals surface area (Å²) < 4.78 is 0. The minimum absolute atomic E-state index is 0.505. The fourth-order valence-electron chi connectivity index (χ4n) is 3.87. The van der Waals surface area contributed by atoms with Crippen molar-refractivity contribution in [3.8, 4) is 0 Å². The van der Waals surface area contributed by atoms with Crippen molar-refractivity contribution in [3.63, 3.8) is 0 Å². The molecule has 3 atom stereocenters. The third-order valence-electron chi connectivity index (χ3n) is 4.95. The zero-order chi connectivity index (χ0) is 14.7. The summed E-state index contributed by atoms with van der Waals surface area (Å²) in [6, 6.07) is 6.84. The van der Waals surface area contributed by atoms with Crippen LogP contribution in [0.3, 0.4) is 0 Å². The van der Waals surface area contributed by atoms with Gasteiger partial charge in [0.25, 0.3) is 0 Å². The van der Waals surface area contributed by atoms with E-state index in [0.29, 0.717) is 18.0 Å². The van der Waals surface area contributed by atoms with Gasteiger partial charge in [-0.05, 0) is 56.3 Å². The largest absolute Gasteiger partial charge is 0.381 e. The maximum Gasteiger partial charge on any atom is 0.0638 e. The maximum absolute atomic E-state index is 6.31. The Hall–Kier alpha value is -0.440. The van der Waals surface area contributed by atoms with Crippen molar-refractivity contribution in [2.75, 3.05) is 11.9 Å². The molecule has 3 unspecified atom stereocenters. The number of hydrogen-bond acceptors (Lipinski definition) is 2. The molecular formula is C17H24Cl2N2. The van der Waals surface area contributed by atoms with Crippen molar-refractivity contribution in [1.29, 1.82) is 0 Å². The molecule has 116 valence electrons. The Morgan fingerprint density at radius 1 is 1.00 bits per heavy atom. The van der Waals surface area contributed by atoms with E-state index in [1.165, 1.54) is 51.5 Å². The summed E-state index contributed by atoms with van der Waals surface area (Å²) in [7, 11) is 0. The second-order valence-corrected chi connectivity index (χ2v) is 7.22. The van der Waals surface area contributed by atoms with E-state index in [4.69, 9.17) is 23.2 Å². The van der Waals surface area contributed by atoms with Gasteiger partial charge in [-0.3, -0.25) is 0 Å². The molecule has 0 aromatic heterocycles. The number of halogens is 2. The average Bonchev–Trinajstić information content (AvgIpc) is 2.52. The van der Waals surface area contributed by atoms with Gasteiger partial charge in [-0.25, -0.2) is 0 Å². The molecule has 1 aliphatic carbocycles. The van der Waals surface area contributed by atoms with Gasteiger partial charge < -0.3 is 10.6 Å². The Morgan fingerprint density at radius 2 is 1.81 bits per heavy atom. The second-order valence-electron chi connectivity index (χ2n) is 6.38. The summed E-state index contributed by atoms with van der Waals surface area (Å²) in [4.78, 5) is 0. The molecule has 1 heterocycles. The first kappa shape index (κ1) is 15.5. The van der Waals surface area contributed by atoms with Crippen LogP contribution < -0.4 is 10.6 Å². The highest BCUT2D eigenvalue weighted by atomic mass is 35.5. The van der Waals surface area contributed by atoms with E-state index in [-0.39, 0.29) is 0 Å². The van der Waals surface area contributed by atoms with Crippen molar-refractivity contribution in [1.82, 2.24) is 5.32 Å². The van der Waals surface area contributed by atoms with Crippen molar-refractivity contribution in [2.45, 2.75) is 57.0 Å². The number of anilines is 1. The van der Waals surface area contributed by atoms with Gasteiger partial charge in [0.1, 0.15) is 0 Å². The van der Waals surface area contributed by atoms with Gasteiger partial charge in [0.15, 0.2) is 0 Å². The van der Waals surface area contributed by atoms with E-state index >= 15 is 0 Å². The third-order valence-corrected chi connectivity index (χ3v) is 5.52. The second kappa shape index (κ2) is 7.21. The van der Waals surface area contributed by atoms with Gasteiger partial charge in [0, 0.05) is 17.1 Å². The van der Waals surface area contributed by atoms with E-state index in [1.807, 2.05) is 18.2 Å². The predicted molar refractivity (Wildman–Crippen MR) is 91.5 cm³/mol. The van der Waals surface area contributed by atoms with Crippen LogP contribution in [0.15, 0.2) is 18.2 Å². The summed E-state index contributed by atoms with van der Waals surface area (Å²) in [5, 5.41) is 8.92. The van der Waals surface area contributed by atoms with E-state index < -0.39 is 0 Å². The standard InChI is InChI=1S/C17H24Cl2N2/c18-12-8-9-14(19)17(11-12)21-16-7-2-1-5-13(16)15-6-3-4-10-20-15/h8-9,11,13,15-16,20-21H,1-7,10H2. The summed E-state index contributed by atoms with van der Waals surface area (Å²) in [5.41, 5.74) is 0.983. The molecule has 0 amide bonds. The van der Waals surface area contributed by atoms with Gasteiger partial charge >= 0.3 is 0 Å². The molecule has 1 aromatic rings. The molecule has 1 aliphatic heterocycles. The van der Waals surface area contributed by atoms with Gasteiger partial charge in [-0.15, -0.1) is 0 Å². The van der Waals surface area contributed by atoms with E-state index in [9.17, 15) is 0 Å². The van der Waals surface area contributed by atoms with Gasteiger partial charge in [-0.2, -0.15) is 0 Å². The number of benzene rings is 1. The van der Waals surface area contributed by atoms with Gasteiger partial charge in [0.05, 0.1) is 10.7 Å². The van der Waals surface area contributed by atoms with Gasteiger partial charge in [0.2, 0.25) is 0 Å². The van der Waals surface area contributed by atoms with Crippen LogP contribution in [0.25, 0.3) is 0 Å². The number of hydrogen-bond donors (Lipinski definition) is 2. The van der Waals surface area contributed by atoms with Crippen molar-refractivity contribution >= 4 is 28.9 Å². The average molecular weight is 327 g/mol. The van der Waals surface area contributed by atoms with Crippen LogP contribution in [0, 0.1) is 5.92 Å². The third kappa shape index (κ3) is 3.85. The van der Waals surface area contributed by atoms with Gasteiger partial charge in [-0.1, -0.05) is 42.5 Å². The van der Waals surface area contributed by atoms with Crippen molar-refractivity contribution in [2.24, 2.45) is 5.92 Å². The molecule has 0 spiro atoms. The van der Waals surface area contributed by atoms with Crippen LogP contribution in [0.1, 0.15) is 44.9 Å². The first-order chi connectivity index (χ1) is 10.2. The highest BCUT2D eigenvalue weighted by Gasteiger charge is 2.32. The van der Waals surface area contributed by atoms with Crippen molar-refractivity contribution < 1.29 is 0 Å². The Bertz CT molecular complexity index is 472. The Morgan fingerprint density at radius 3 is 2.62 bits per heavy atom. The van der Waals surface area contributed by atoms with Crippen LogP contribution in [0.2, 0.25) is 10.0 Å². The topological polar surface area (TPSA) is 24.1 Å². The zero-order valence-corrected chi connectivity index (χ0v) is 13.9. The first-order valence-electron chi connectivity index (χ1n) is 8.19. The smallest absolute Gasteiger partial charge is 0.0638 e. The Balaban J connectivity index is 1.73. The molecule has 1 saturated carbocycles. The number of rotatable bonds is 3. The van der Waals surface area contributed by atoms with Crippen LogP contribution >= 0.6 is 23.2 Å². The highest BCUT2D eigenvalue weighted by Crippen LogP contribution is 2.34. The fourth-order valence-corrected chi connectivity index (χ4v) is 4.22. The van der Waals surface area contributed by atoms with Crippen LogP contribution in [-0.2, 0) is 0 Å². The lowest BCUT2D eigenvalue weighted by molar-refractivity contribution is 0.217. The molecule has 2 N–H and O–H groups in total. The molecule has 0 radical (unpaired) electrons. The summed E-state index contributed by atoms with van der Waals surface area (Å²) in [5.74, 6) is 0.703. The normalized spacial score (nSPS) is 30.1. The first-order valence-corrected chi connectivity index (χ1v) is 8.94. The van der Waals surface area contributed by atoms with E-state index in [2.05, 4.69) is 10.6 Å². The Kier molecular flexibility index (Phi) is 5.31. The minimum atomic E-state index is 0.505. The molecule has 1 aromatic carbocycles. The highest BCUT2D eigenvalue weighted by molar-refractivity contribution is 6.35. The molecule has 4 heteroatoms. The lowest BCUT2D eigenvalue weighted by Crippen LogP contribution is -2.48. The van der Waals surface area contributed by atoms with Crippen molar-refractivity contribution in [3.05, 3.63) is 28.2 Å². The molecule has 2 fully saturated rings. The lowest BCUT2D eigenvalue weighted by Gasteiger charge is -2.40. The molecule has 3 rings (SSSR count). The minimum Gasteiger partial charge on any atom is -0.381 e. The summed E-state index contributed by atoms with van der Waals surface area (Å²) >= 11 is 12.4. The fraction of sp³-hybridized carbons (Fsp3) is 0.647. The summed E-state index contributed by atoms with van der Waals surface area (Å²) in [6.07, 6.45) is 9.19. The van der Waals surface area contributed by atoms with E-state index in [1.54, 1.807) is 0 Å². The number of nitrogens with one attached hydrogen (secondary N) is 2.